The number of hydrogen-bond acceptors (Lipinski definition) is 5. The number of rotatable bonds is 9. The average molecular weight is 406 g/mol. The van der Waals surface area contributed by atoms with Crippen molar-refractivity contribution < 1.29 is 9.47 Å². The van der Waals surface area contributed by atoms with Gasteiger partial charge in [-0.25, -0.2) is 0 Å². The molecule has 1 unspecified atom stereocenters. The fraction of sp³-hybridized carbons (Fsp3) is 0.682. The summed E-state index contributed by atoms with van der Waals surface area (Å²) in [6.07, 6.45) is 0. The molecule has 0 radical (unpaired) electrons. The number of hydrogen-bond donors (Lipinski definition) is 1. The van der Waals surface area contributed by atoms with Gasteiger partial charge in [0.05, 0.1) is 14.2 Å². The van der Waals surface area contributed by atoms with Gasteiger partial charge in [0.2, 0.25) is 0 Å². The molecule has 1 fully saturated rings. The smallest absolute Gasteiger partial charge is 0.193 e. The average Bonchev–Trinajstić information content (AvgIpc) is 2.72. The number of aliphatic imine (C=N–C) groups is 1. The SMILES string of the molecule is CCNC(=NCC(C)CN1CCN(C)CC1)N(C)Cc1ccc(OC)cc1OC. The number of benzene rings is 1. The van der Waals surface area contributed by atoms with Crippen LogP contribution in [0, 0.1) is 5.92 Å². The Balaban J connectivity index is 1.96. The van der Waals surface area contributed by atoms with E-state index in [-0.39, 0.29) is 0 Å². The summed E-state index contributed by atoms with van der Waals surface area (Å²) < 4.78 is 10.8. The van der Waals surface area contributed by atoms with Gasteiger partial charge in [-0.3, -0.25) is 4.99 Å². The van der Waals surface area contributed by atoms with Crippen LogP contribution < -0.4 is 14.8 Å². The summed E-state index contributed by atoms with van der Waals surface area (Å²) >= 11 is 0. The molecule has 29 heavy (non-hydrogen) atoms. The van der Waals surface area contributed by atoms with Crippen molar-refractivity contribution in [1.29, 1.82) is 0 Å². The van der Waals surface area contributed by atoms with Gasteiger partial charge in [-0.2, -0.15) is 0 Å². The molecule has 1 aliphatic rings. The molecule has 1 N–H and O–H groups in total. The van der Waals surface area contributed by atoms with E-state index in [2.05, 4.69) is 48.0 Å². The Kier molecular flexibility index (Phi) is 9.54. The van der Waals surface area contributed by atoms with Crippen molar-refractivity contribution >= 4 is 5.96 Å². The first-order valence-corrected chi connectivity index (χ1v) is 10.6. The molecule has 0 saturated carbocycles. The van der Waals surface area contributed by atoms with E-state index < -0.39 is 0 Å². The van der Waals surface area contributed by atoms with Crippen molar-refractivity contribution in [2.75, 3.05) is 74.1 Å². The minimum absolute atomic E-state index is 0.524. The third kappa shape index (κ3) is 7.40. The molecule has 1 atom stereocenters. The van der Waals surface area contributed by atoms with E-state index in [1.54, 1.807) is 14.2 Å². The highest BCUT2D eigenvalue weighted by Gasteiger charge is 2.17. The van der Waals surface area contributed by atoms with E-state index >= 15 is 0 Å². The van der Waals surface area contributed by atoms with Gasteiger partial charge < -0.3 is 29.5 Å². The fourth-order valence-electron chi connectivity index (χ4n) is 3.55. The lowest BCUT2D eigenvalue weighted by Crippen LogP contribution is -2.46. The number of piperazine rings is 1. The second-order valence-corrected chi connectivity index (χ2v) is 7.94. The summed E-state index contributed by atoms with van der Waals surface area (Å²) in [5, 5.41) is 3.42. The molecule has 0 bridgehead atoms. The quantitative estimate of drug-likeness (QED) is 0.501. The first-order chi connectivity index (χ1) is 14.0. The molecule has 0 aromatic heterocycles. The van der Waals surface area contributed by atoms with Gasteiger partial charge in [-0.05, 0) is 32.0 Å². The largest absolute Gasteiger partial charge is 0.497 e. The molecule has 1 aromatic rings. The zero-order valence-corrected chi connectivity index (χ0v) is 19.1. The number of likely N-dealkylation sites (N-methyl/N-ethyl adjacent to an activating group) is 1. The van der Waals surface area contributed by atoms with Gasteiger partial charge in [-0.15, -0.1) is 0 Å². The molecule has 1 aliphatic heterocycles. The highest BCUT2D eigenvalue weighted by atomic mass is 16.5. The van der Waals surface area contributed by atoms with Crippen LogP contribution >= 0.6 is 0 Å². The minimum atomic E-state index is 0.524. The predicted octanol–water partition coefficient (Wildman–Crippen LogP) is 1.98. The van der Waals surface area contributed by atoms with Gasteiger partial charge in [0.25, 0.3) is 0 Å². The first kappa shape index (κ1) is 23.3. The van der Waals surface area contributed by atoms with E-state index in [0.717, 1.165) is 68.8 Å². The van der Waals surface area contributed by atoms with Gasteiger partial charge in [0, 0.05) is 71.0 Å². The Morgan fingerprint density at radius 3 is 2.55 bits per heavy atom. The maximum atomic E-state index is 5.54. The summed E-state index contributed by atoms with van der Waals surface area (Å²) in [6, 6.07) is 5.94. The molecule has 7 nitrogen and oxygen atoms in total. The number of nitrogens with zero attached hydrogens (tertiary/aromatic N) is 4. The monoisotopic (exact) mass is 405 g/mol. The van der Waals surface area contributed by atoms with Crippen LogP contribution in [0.5, 0.6) is 11.5 Å². The van der Waals surface area contributed by atoms with Crippen molar-refractivity contribution in [2.45, 2.75) is 20.4 Å². The second-order valence-electron chi connectivity index (χ2n) is 7.94. The normalized spacial score (nSPS) is 17.1. The predicted molar refractivity (Wildman–Crippen MR) is 120 cm³/mol. The van der Waals surface area contributed by atoms with Gasteiger partial charge >= 0.3 is 0 Å². The van der Waals surface area contributed by atoms with Crippen LogP contribution in [0.15, 0.2) is 23.2 Å². The zero-order valence-electron chi connectivity index (χ0n) is 19.1. The molecule has 0 aliphatic carbocycles. The molecule has 1 heterocycles. The second kappa shape index (κ2) is 11.9. The Morgan fingerprint density at radius 2 is 1.93 bits per heavy atom. The Hall–Kier alpha value is -1.99. The fourth-order valence-corrected chi connectivity index (χ4v) is 3.55. The van der Waals surface area contributed by atoms with Gasteiger partial charge in [0.15, 0.2) is 5.96 Å². The zero-order chi connectivity index (χ0) is 21.2. The van der Waals surface area contributed by atoms with Crippen molar-refractivity contribution in [3.05, 3.63) is 23.8 Å². The molecule has 2 rings (SSSR count). The topological polar surface area (TPSA) is 52.6 Å². The van der Waals surface area contributed by atoms with Gasteiger partial charge in [-0.1, -0.05) is 6.92 Å². The molecule has 7 heteroatoms. The lowest BCUT2D eigenvalue weighted by atomic mass is 10.1. The van der Waals surface area contributed by atoms with E-state index in [0.29, 0.717) is 12.5 Å². The molecule has 1 saturated heterocycles. The van der Waals surface area contributed by atoms with Crippen LogP contribution in [0.1, 0.15) is 19.4 Å². The third-order valence-corrected chi connectivity index (χ3v) is 5.32. The van der Waals surface area contributed by atoms with Crippen LogP contribution in [0.3, 0.4) is 0 Å². The molecular weight excluding hydrogens is 366 g/mol. The molecule has 0 spiro atoms. The summed E-state index contributed by atoms with van der Waals surface area (Å²) in [5.74, 6) is 3.08. The van der Waals surface area contributed by atoms with Crippen molar-refractivity contribution in [1.82, 2.24) is 20.0 Å². The van der Waals surface area contributed by atoms with Crippen molar-refractivity contribution in [2.24, 2.45) is 10.9 Å². The summed E-state index contributed by atoms with van der Waals surface area (Å²) in [7, 11) is 7.62. The van der Waals surface area contributed by atoms with Crippen LogP contribution in [0.2, 0.25) is 0 Å². The van der Waals surface area contributed by atoms with E-state index in [1.807, 2.05) is 18.2 Å². The maximum absolute atomic E-state index is 5.54. The van der Waals surface area contributed by atoms with Crippen molar-refractivity contribution in [3.8, 4) is 11.5 Å². The molecule has 164 valence electrons. The number of nitrogens with one attached hydrogen (secondary N) is 1. The highest BCUT2D eigenvalue weighted by Crippen LogP contribution is 2.25. The van der Waals surface area contributed by atoms with E-state index in [9.17, 15) is 0 Å². The van der Waals surface area contributed by atoms with Crippen LogP contribution in [0.25, 0.3) is 0 Å². The van der Waals surface area contributed by atoms with Crippen LogP contribution in [-0.4, -0.2) is 94.8 Å². The van der Waals surface area contributed by atoms with E-state index in [4.69, 9.17) is 14.5 Å². The summed E-state index contributed by atoms with van der Waals surface area (Å²) in [4.78, 5) is 12.0. The van der Waals surface area contributed by atoms with Crippen LogP contribution in [0.4, 0.5) is 0 Å². The molecule has 0 amide bonds. The lowest BCUT2D eigenvalue weighted by molar-refractivity contribution is 0.140. The lowest BCUT2D eigenvalue weighted by Gasteiger charge is -2.33. The van der Waals surface area contributed by atoms with Crippen molar-refractivity contribution in [3.63, 3.8) is 0 Å². The Bertz CT molecular complexity index is 644. The Labute approximate surface area is 176 Å². The van der Waals surface area contributed by atoms with Gasteiger partial charge in [0.1, 0.15) is 11.5 Å². The summed E-state index contributed by atoms with van der Waals surface area (Å²) in [6.45, 7) is 12.5. The number of ether oxygens (including phenoxy) is 2. The third-order valence-electron chi connectivity index (χ3n) is 5.32. The summed E-state index contributed by atoms with van der Waals surface area (Å²) in [5.41, 5.74) is 1.10. The standard InChI is InChI=1S/C22H39N5O2/c1-7-23-22(24-15-18(2)16-27-12-10-25(3)11-13-27)26(4)17-19-8-9-20(28-5)14-21(19)29-6/h8-9,14,18H,7,10-13,15-17H2,1-6H3,(H,23,24). The molecular formula is C22H39N5O2. The minimum Gasteiger partial charge on any atom is -0.497 e. The number of guanidine groups is 1. The first-order valence-electron chi connectivity index (χ1n) is 10.6. The molecule has 1 aromatic carbocycles. The Morgan fingerprint density at radius 1 is 1.21 bits per heavy atom. The number of methoxy groups -OCH3 is 2. The maximum Gasteiger partial charge on any atom is 0.193 e. The van der Waals surface area contributed by atoms with Crippen LogP contribution in [-0.2, 0) is 6.54 Å². The highest BCUT2D eigenvalue weighted by molar-refractivity contribution is 5.79. The van der Waals surface area contributed by atoms with E-state index in [1.165, 1.54) is 0 Å².